The Morgan fingerprint density at radius 1 is 1.20 bits per heavy atom. The zero-order valence-electron chi connectivity index (χ0n) is 13.5. The normalized spacial score (nSPS) is 14.1. The third kappa shape index (κ3) is 4.20. The summed E-state index contributed by atoms with van der Waals surface area (Å²) in [6.45, 7) is 13.3. The minimum atomic E-state index is -0.114. The van der Waals surface area contributed by atoms with Crippen molar-refractivity contribution in [3.63, 3.8) is 0 Å². The molecule has 0 saturated carbocycles. The van der Waals surface area contributed by atoms with E-state index in [-0.39, 0.29) is 11.9 Å². The van der Waals surface area contributed by atoms with E-state index in [2.05, 4.69) is 44.8 Å². The van der Waals surface area contributed by atoms with Gasteiger partial charge in [0.2, 0.25) is 0 Å². The number of hydrogen-bond donors (Lipinski definition) is 1. The van der Waals surface area contributed by atoms with Crippen LogP contribution in [0.15, 0.2) is 18.2 Å². The molecule has 114 valence electrons. The first-order chi connectivity index (χ1) is 9.54. The number of hydrogen-bond acceptors (Lipinski definition) is 2. The summed E-state index contributed by atoms with van der Waals surface area (Å²) in [6.07, 6.45) is 1.11. The predicted octanol–water partition coefficient (Wildman–Crippen LogP) is 4.37. The molecule has 2 atom stereocenters. The fourth-order valence-corrected chi connectivity index (χ4v) is 2.52. The maximum atomic E-state index is 14.4. The van der Waals surface area contributed by atoms with E-state index < -0.39 is 0 Å². The summed E-state index contributed by atoms with van der Waals surface area (Å²) in [4.78, 5) is 2.17. The molecule has 0 aliphatic carbocycles. The van der Waals surface area contributed by atoms with Crippen LogP contribution in [-0.2, 0) is 0 Å². The zero-order chi connectivity index (χ0) is 15.1. The van der Waals surface area contributed by atoms with Crippen molar-refractivity contribution in [3.8, 4) is 0 Å². The maximum absolute atomic E-state index is 14.4. The van der Waals surface area contributed by atoms with Gasteiger partial charge >= 0.3 is 0 Å². The van der Waals surface area contributed by atoms with E-state index in [1.54, 1.807) is 12.1 Å². The molecule has 0 amide bonds. The van der Waals surface area contributed by atoms with E-state index in [4.69, 9.17) is 0 Å². The van der Waals surface area contributed by atoms with Crippen molar-refractivity contribution in [1.29, 1.82) is 0 Å². The number of nitrogens with zero attached hydrogens (tertiary/aromatic N) is 1. The molecule has 3 heteroatoms. The van der Waals surface area contributed by atoms with E-state index in [1.807, 2.05) is 6.07 Å². The average molecular weight is 280 g/mol. The summed E-state index contributed by atoms with van der Waals surface area (Å²) in [5.74, 6) is 0.453. The van der Waals surface area contributed by atoms with E-state index in [1.165, 1.54) is 0 Å². The summed E-state index contributed by atoms with van der Waals surface area (Å²) in [6, 6.07) is 5.57. The minimum absolute atomic E-state index is 0.114. The molecule has 0 bridgehead atoms. The second-order valence-corrected chi connectivity index (χ2v) is 5.51. The number of nitrogens with one attached hydrogen (secondary N) is 1. The van der Waals surface area contributed by atoms with Crippen LogP contribution in [0.4, 0.5) is 10.1 Å². The Morgan fingerprint density at radius 3 is 2.45 bits per heavy atom. The van der Waals surface area contributed by atoms with E-state index in [9.17, 15) is 4.39 Å². The SMILES string of the molecule is CCNC(C)c1cccc(F)c1N(CC)CC(C)CC. The fraction of sp³-hybridized carbons (Fsp3) is 0.647. The third-order valence-electron chi connectivity index (χ3n) is 3.92. The van der Waals surface area contributed by atoms with Crippen molar-refractivity contribution >= 4 is 5.69 Å². The van der Waals surface area contributed by atoms with Crippen molar-refractivity contribution in [3.05, 3.63) is 29.6 Å². The molecule has 20 heavy (non-hydrogen) atoms. The number of anilines is 1. The van der Waals surface area contributed by atoms with E-state index in [0.717, 1.165) is 37.3 Å². The molecule has 1 aromatic rings. The van der Waals surface area contributed by atoms with Crippen LogP contribution >= 0.6 is 0 Å². The Morgan fingerprint density at radius 2 is 1.90 bits per heavy atom. The van der Waals surface area contributed by atoms with Gasteiger partial charge in [-0.05, 0) is 37.9 Å². The lowest BCUT2D eigenvalue weighted by Crippen LogP contribution is -2.31. The molecule has 1 rings (SSSR count). The van der Waals surface area contributed by atoms with Crippen LogP contribution in [0.1, 0.15) is 52.6 Å². The third-order valence-corrected chi connectivity index (χ3v) is 3.92. The van der Waals surface area contributed by atoms with Crippen LogP contribution in [0.5, 0.6) is 0 Å². The van der Waals surface area contributed by atoms with Crippen molar-refractivity contribution < 1.29 is 4.39 Å². The Balaban J connectivity index is 3.12. The van der Waals surface area contributed by atoms with Gasteiger partial charge in [-0.25, -0.2) is 4.39 Å². The van der Waals surface area contributed by atoms with Crippen LogP contribution in [0.3, 0.4) is 0 Å². The molecule has 2 unspecified atom stereocenters. The highest BCUT2D eigenvalue weighted by Crippen LogP contribution is 2.30. The first-order valence-corrected chi connectivity index (χ1v) is 7.81. The monoisotopic (exact) mass is 280 g/mol. The highest BCUT2D eigenvalue weighted by atomic mass is 19.1. The standard InChI is InChI=1S/C17H29FN2/c1-6-13(4)12-20(8-3)17-15(14(5)19-7-2)10-9-11-16(17)18/h9-11,13-14,19H,6-8,12H2,1-5H3. The molecule has 0 aliphatic rings. The molecule has 0 heterocycles. The first kappa shape index (κ1) is 17.0. The van der Waals surface area contributed by atoms with Crippen molar-refractivity contribution in [2.75, 3.05) is 24.5 Å². The van der Waals surface area contributed by atoms with Crippen molar-refractivity contribution in [2.24, 2.45) is 5.92 Å². The van der Waals surface area contributed by atoms with E-state index >= 15 is 0 Å². The lowest BCUT2D eigenvalue weighted by atomic mass is 10.0. The quantitative estimate of drug-likeness (QED) is 0.760. The van der Waals surface area contributed by atoms with Gasteiger partial charge in [-0.15, -0.1) is 0 Å². The number of benzene rings is 1. The fourth-order valence-electron chi connectivity index (χ4n) is 2.52. The summed E-state index contributed by atoms with van der Waals surface area (Å²) in [5, 5.41) is 3.38. The zero-order valence-corrected chi connectivity index (χ0v) is 13.5. The molecule has 0 spiro atoms. The van der Waals surface area contributed by atoms with Gasteiger partial charge in [0.05, 0.1) is 5.69 Å². The van der Waals surface area contributed by atoms with Gasteiger partial charge in [-0.2, -0.15) is 0 Å². The summed E-state index contributed by atoms with van der Waals surface area (Å²) < 4.78 is 14.4. The Hall–Kier alpha value is -1.09. The summed E-state index contributed by atoms with van der Waals surface area (Å²) in [7, 11) is 0. The van der Waals surface area contributed by atoms with Gasteiger partial charge in [0.15, 0.2) is 0 Å². The molecule has 2 nitrogen and oxygen atoms in total. The molecular weight excluding hydrogens is 251 g/mol. The molecule has 1 N–H and O–H groups in total. The molecular formula is C17H29FN2. The summed E-state index contributed by atoms with van der Waals surface area (Å²) >= 11 is 0. The molecule has 0 aromatic heterocycles. The van der Waals surface area contributed by atoms with Crippen LogP contribution < -0.4 is 10.2 Å². The number of halogens is 1. The molecule has 1 aromatic carbocycles. The molecule has 0 saturated heterocycles. The highest BCUT2D eigenvalue weighted by Gasteiger charge is 2.19. The highest BCUT2D eigenvalue weighted by molar-refractivity contribution is 5.56. The van der Waals surface area contributed by atoms with Crippen LogP contribution in [0.2, 0.25) is 0 Å². The molecule has 0 radical (unpaired) electrons. The Bertz CT molecular complexity index is 406. The number of para-hydroxylation sites is 1. The second kappa shape index (κ2) is 8.25. The van der Waals surface area contributed by atoms with Gasteiger partial charge in [0, 0.05) is 19.1 Å². The number of rotatable bonds is 8. The maximum Gasteiger partial charge on any atom is 0.146 e. The summed E-state index contributed by atoms with van der Waals surface area (Å²) in [5.41, 5.74) is 1.82. The molecule has 0 fully saturated rings. The van der Waals surface area contributed by atoms with Crippen LogP contribution in [0.25, 0.3) is 0 Å². The van der Waals surface area contributed by atoms with Gasteiger partial charge in [0.25, 0.3) is 0 Å². The van der Waals surface area contributed by atoms with E-state index in [0.29, 0.717) is 5.92 Å². The van der Waals surface area contributed by atoms with Crippen LogP contribution in [0, 0.1) is 11.7 Å². The average Bonchev–Trinajstić information content (AvgIpc) is 2.44. The lowest BCUT2D eigenvalue weighted by Gasteiger charge is -2.30. The molecule has 0 aliphatic heterocycles. The largest absolute Gasteiger partial charge is 0.369 e. The second-order valence-electron chi connectivity index (χ2n) is 5.51. The van der Waals surface area contributed by atoms with Gasteiger partial charge in [0.1, 0.15) is 5.82 Å². The smallest absolute Gasteiger partial charge is 0.146 e. The predicted molar refractivity (Wildman–Crippen MR) is 85.8 cm³/mol. The van der Waals surface area contributed by atoms with Crippen LogP contribution in [-0.4, -0.2) is 19.6 Å². The Labute approximate surface area is 123 Å². The van der Waals surface area contributed by atoms with Crippen molar-refractivity contribution in [2.45, 2.75) is 47.1 Å². The minimum Gasteiger partial charge on any atom is -0.369 e. The Kier molecular flexibility index (Phi) is 7.00. The van der Waals surface area contributed by atoms with Gasteiger partial charge < -0.3 is 10.2 Å². The van der Waals surface area contributed by atoms with Gasteiger partial charge in [-0.1, -0.05) is 39.3 Å². The lowest BCUT2D eigenvalue weighted by molar-refractivity contribution is 0.529. The topological polar surface area (TPSA) is 15.3 Å². The van der Waals surface area contributed by atoms with Gasteiger partial charge in [-0.3, -0.25) is 0 Å². The van der Waals surface area contributed by atoms with Crippen molar-refractivity contribution in [1.82, 2.24) is 5.32 Å². The first-order valence-electron chi connectivity index (χ1n) is 7.81.